The van der Waals surface area contributed by atoms with Gasteiger partial charge < -0.3 is 15.0 Å². The van der Waals surface area contributed by atoms with E-state index in [1.807, 2.05) is 0 Å². The molecule has 1 amide bonds. The SMILES string of the molecule is CC(C)CN1CCOC(CNC(=O)C2CCN(c3cnccn3)CC2)C1. The summed E-state index contributed by atoms with van der Waals surface area (Å²) in [6, 6.07) is 0. The summed E-state index contributed by atoms with van der Waals surface area (Å²) in [5.74, 6) is 1.79. The van der Waals surface area contributed by atoms with Crippen molar-refractivity contribution in [3.05, 3.63) is 18.6 Å². The molecule has 1 N–H and O–H groups in total. The number of rotatable bonds is 6. The average Bonchev–Trinajstić information content (AvgIpc) is 2.67. The standard InChI is InChI=1S/C19H31N5O2/c1-15(2)13-23-9-10-26-17(14-23)11-22-19(25)16-3-7-24(8-4-16)18-12-20-5-6-21-18/h5-6,12,15-17H,3-4,7-11,13-14H2,1-2H3,(H,22,25). The minimum absolute atomic E-state index is 0.0817. The molecule has 7 nitrogen and oxygen atoms in total. The van der Waals surface area contributed by atoms with E-state index < -0.39 is 0 Å². The van der Waals surface area contributed by atoms with Gasteiger partial charge in [-0.1, -0.05) is 13.8 Å². The van der Waals surface area contributed by atoms with Gasteiger partial charge in [-0.3, -0.25) is 14.7 Å². The summed E-state index contributed by atoms with van der Waals surface area (Å²) < 4.78 is 5.82. The van der Waals surface area contributed by atoms with E-state index in [1.54, 1.807) is 18.6 Å². The van der Waals surface area contributed by atoms with Crippen LogP contribution < -0.4 is 10.2 Å². The fraction of sp³-hybridized carbons (Fsp3) is 0.737. The molecule has 26 heavy (non-hydrogen) atoms. The number of carbonyl (C=O) groups is 1. The number of aromatic nitrogens is 2. The molecule has 1 aromatic rings. The van der Waals surface area contributed by atoms with Crippen LogP contribution in [0.4, 0.5) is 5.82 Å². The predicted octanol–water partition coefficient (Wildman–Crippen LogP) is 1.17. The van der Waals surface area contributed by atoms with Gasteiger partial charge in [-0.25, -0.2) is 4.98 Å². The first kappa shape index (κ1) is 19.0. The second-order valence-electron chi connectivity index (χ2n) is 7.72. The fourth-order valence-corrected chi connectivity index (χ4v) is 3.77. The van der Waals surface area contributed by atoms with Crippen LogP contribution in [0.25, 0.3) is 0 Å². The van der Waals surface area contributed by atoms with Gasteiger partial charge in [0.15, 0.2) is 0 Å². The maximum Gasteiger partial charge on any atom is 0.223 e. The van der Waals surface area contributed by atoms with Crippen LogP contribution in [0, 0.1) is 11.8 Å². The van der Waals surface area contributed by atoms with Crippen molar-refractivity contribution in [1.29, 1.82) is 0 Å². The molecule has 2 aliphatic heterocycles. The number of amides is 1. The number of ether oxygens (including phenoxy) is 1. The van der Waals surface area contributed by atoms with Crippen LogP contribution in [-0.2, 0) is 9.53 Å². The van der Waals surface area contributed by atoms with Gasteiger partial charge in [0.25, 0.3) is 0 Å². The number of hydrogen-bond donors (Lipinski definition) is 1. The summed E-state index contributed by atoms with van der Waals surface area (Å²) in [5, 5.41) is 3.11. The normalized spacial score (nSPS) is 22.6. The van der Waals surface area contributed by atoms with E-state index in [2.05, 4.69) is 38.9 Å². The van der Waals surface area contributed by atoms with E-state index in [-0.39, 0.29) is 17.9 Å². The summed E-state index contributed by atoms with van der Waals surface area (Å²) in [6.45, 7) is 10.5. The second kappa shape index (κ2) is 9.28. The number of piperidine rings is 1. The molecule has 3 rings (SSSR count). The lowest BCUT2D eigenvalue weighted by molar-refractivity contribution is -0.126. The van der Waals surface area contributed by atoms with E-state index in [0.717, 1.165) is 58.0 Å². The van der Waals surface area contributed by atoms with E-state index >= 15 is 0 Å². The third-order valence-electron chi connectivity index (χ3n) is 5.09. The topological polar surface area (TPSA) is 70.6 Å². The Kier molecular flexibility index (Phi) is 6.80. The van der Waals surface area contributed by atoms with Crippen molar-refractivity contribution in [1.82, 2.24) is 20.2 Å². The van der Waals surface area contributed by atoms with Crippen LogP contribution in [0.15, 0.2) is 18.6 Å². The maximum absolute atomic E-state index is 12.5. The van der Waals surface area contributed by atoms with Gasteiger partial charge in [0.1, 0.15) is 5.82 Å². The van der Waals surface area contributed by atoms with Crippen LogP contribution in [0.5, 0.6) is 0 Å². The summed E-state index contributed by atoms with van der Waals surface area (Å²) in [5.41, 5.74) is 0. The molecule has 1 aromatic heterocycles. The highest BCUT2D eigenvalue weighted by Gasteiger charge is 2.27. The van der Waals surface area contributed by atoms with Crippen LogP contribution in [0.1, 0.15) is 26.7 Å². The van der Waals surface area contributed by atoms with Gasteiger partial charge in [-0.2, -0.15) is 0 Å². The summed E-state index contributed by atoms with van der Waals surface area (Å²) in [4.78, 5) is 25.6. The molecule has 2 saturated heterocycles. The average molecular weight is 361 g/mol. The second-order valence-corrected chi connectivity index (χ2v) is 7.72. The molecule has 7 heteroatoms. The molecule has 2 aliphatic rings. The molecular formula is C19H31N5O2. The van der Waals surface area contributed by atoms with Crippen LogP contribution in [0.3, 0.4) is 0 Å². The molecule has 0 radical (unpaired) electrons. The highest BCUT2D eigenvalue weighted by atomic mass is 16.5. The quantitative estimate of drug-likeness (QED) is 0.820. The molecule has 1 atom stereocenters. The Morgan fingerprint density at radius 3 is 2.81 bits per heavy atom. The van der Waals surface area contributed by atoms with Crippen molar-refractivity contribution < 1.29 is 9.53 Å². The summed E-state index contributed by atoms with van der Waals surface area (Å²) in [6.07, 6.45) is 6.98. The Hall–Kier alpha value is -1.73. The van der Waals surface area contributed by atoms with Gasteiger partial charge >= 0.3 is 0 Å². The molecule has 0 aromatic carbocycles. The molecule has 0 aliphatic carbocycles. The van der Waals surface area contributed by atoms with Gasteiger partial charge in [0, 0.05) is 57.6 Å². The lowest BCUT2D eigenvalue weighted by atomic mass is 9.96. The molecule has 2 fully saturated rings. The zero-order valence-electron chi connectivity index (χ0n) is 15.9. The number of anilines is 1. The first-order valence-electron chi connectivity index (χ1n) is 9.74. The van der Waals surface area contributed by atoms with Crippen molar-refractivity contribution in [2.45, 2.75) is 32.8 Å². The Balaban J connectivity index is 1.39. The van der Waals surface area contributed by atoms with Crippen LogP contribution in [-0.4, -0.2) is 72.8 Å². The molecular weight excluding hydrogens is 330 g/mol. The summed E-state index contributed by atoms with van der Waals surface area (Å²) in [7, 11) is 0. The van der Waals surface area contributed by atoms with Crippen molar-refractivity contribution in [3.8, 4) is 0 Å². The Morgan fingerprint density at radius 1 is 1.31 bits per heavy atom. The maximum atomic E-state index is 12.5. The minimum atomic E-state index is 0.0817. The van der Waals surface area contributed by atoms with E-state index in [1.165, 1.54) is 0 Å². The first-order valence-corrected chi connectivity index (χ1v) is 9.74. The zero-order valence-corrected chi connectivity index (χ0v) is 15.9. The third-order valence-corrected chi connectivity index (χ3v) is 5.09. The van der Waals surface area contributed by atoms with Crippen molar-refractivity contribution in [3.63, 3.8) is 0 Å². The lowest BCUT2D eigenvalue weighted by Gasteiger charge is -2.35. The van der Waals surface area contributed by atoms with Gasteiger partial charge in [0.2, 0.25) is 5.91 Å². The fourth-order valence-electron chi connectivity index (χ4n) is 3.77. The molecule has 0 spiro atoms. The van der Waals surface area contributed by atoms with E-state index in [4.69, 9.17) is 4.74 Å². The monoisotopic (exact) mass is 361 g/mol. The molecule has 144 valence electrons. The third kappa shape index (κ3) is 5.38. The molecule has 3 heterocycles. The number of nitrogens with one attached hydrogen (secondary N) is 1. The van der Waals surface area contributed by atoms with Crippen molar-refractivity contribution in [2.24, 2.45) is 11.8 Å². The van der Waals surface area contributed by atoms with E-state index in [0.29, 0.717) is 12.5 Å². The van der Waals surface area contributed by atoms with E-state index in [9.17, 15) is 4.79 Å². The van der Waals surface area contributed by atoms with Crippen LogP contribution >= 0.6 is 0 Å². The van der Waals surface area contributed by atoms with Gasteiger partial charge in [-0.05, 0) is 18.8 Å². The number of carbonyl (C=O) groups excluding carboxylic acids is 1. The van der Waals surface area contributed by atoms with Crippen molar-refractivity contribution >= 4 is 11.7 Å². The Morgan fingerprint density at radius 2 is 2.12 bits per heavy atom. The predicted molar refractivity (Wildman–Crippen MR) is 101 cm³/mol. The Labute approximate surface area is 156 Å². The Bertz CT molecular complexity index is 560. The lowest BCUT2D eigenvalue weighted by Crippen LogP contribution is -2.49. The van der Waals surface area contributed by atoms with Crippen molar-refractivity contribution in [2.75, 3.05) is 50.8 Å². The highest BCUT2D eigenvalue weighted by Crippen LogP contribution is 2.21. The van der Waals surface area contributed by atoms with Gasteiger partial charge in [0.05, 0.1) is 18.9 Å². The number of morpholine rings is 1. The minimum Gasteiger partial charge on any atom is -0.374 e. The molecule has 1 unspecified atom stereocenters. The highest BCUT2D eigenvalue weighted by molar-refractivity contribution is 5.79. The number of hydrogen-bond acceptors (Lipinski definition) is 6. The smallest absolute Gasteiger partial charge is 0.223 e. The molecule has 0 bridgehead atoms. The van der Waals surface area contributed by atoms with Gasteiger partial charge in [-0.15, -0.1) is 0 Å². The summed E-state index contributed by atoms with van der Waals surface area (Å²) >= 11 is 0. The number of nitrogens with zero attached hydrogens (tertiary/aromatic N) is 4. The van der Waals surface area contributed by atoms with Crippen LogP contribution in [0.2, 0.25) is 0 Å². The largest absolute Gasteiger partial charge is 0.374 e. The molecule has 0 saturated carbocycles. The zero-order chi connectivity index (χ0) is 18.4. The first-order chi connectivity index (χ1) is 12.6.